The van der Waals surface area contributed by atoms with Crippen LogP contribution in [0.3, 0.4) is 0 Å². The quantitative estimate of drug-likeness (QED) is 0.678. The van der Waals surface area contributed by atoms with E-state index in [-0.39, 0.29) is 5.69 Å². The summed E-state index contributed by atoms with van der Waals surface area (Å²) in [5.74, 6) is 0.343. The molecule has 7 heteroatoms. The molecule has 0 aliphatic carbocycles. The van der Waals surface area contributed by atoms with Gasteiger partial charge in [-0.2, -0.15) is 0 Å². The van der Waals surface area contributed by atoms with Crippen LogP contribution in [0.4, 0.5) is 11.6 Å². The Labute approximate surface area is 108 Å². The lowest BCUT2D eigenvalue weighted by molar-refractivity contribution is -0.385. The van der Waals surface area contributed by atoms with Gasteiger partial charge in [0.25, 0.3) is 0 Å². The Bertz CT molecular complexity index is 542. The van der Waals surface area contributed by atoms with Gasteiger partial charge in [0.1, 0.15) is 12.4 Å². The number of anilines is 1. The van der Waals surface area contributed by atoms with Crippen molar-refractivity contribution in [3.63, 3.8) is 0 Å². The predicted octanol–water partition coefficient (Wildman–Crippen LogP) is 2.65. The standard InChI is InChI=1S/C11H9ClN4O2/c12-9-3-1-8(2-4-9)5-13-11-14-6-10(7-15-11)16(17)18/h1-4,6-7H,5H2,(H,13,14,15). The average Bonchev–Trinajstić information content (AvgIpc) is 2.38. The number of nitro groups is 1. The molecule has 1 heterocycles. The van der Waals surface area contributed by atoms with E-state index < -0.39 is 4.92 Å². The highest BCUT2D eigenvalue weighted by Gasteiger charge is 2.06. The summed E-state index contributed by atoms with van der Waals surface area (Å²) in [5.41, 5.74) is 0.883. The molecule has 0 fully saturated rings. The van der Waals surface area contributed by atoms with Crippen LogP contribution < -0.4 is 5.32 Å². The number of nitrogens with zero attached hydrogens (tertiary/aromatic N) is 3. The lowest BCUT2D eigenvalue weighted by Crippen LogP contribution is -2.03. The largest absolute Gasteiger partial charge is 0.350 e. The smallest absolute Gasteiger partial charge is 0.305 e. The van der Waals surface area contributed by atoms with Crippen LogP contribution in [-0.4, -0.2) is 14.9 Å². The number of aromatic nitrogens is 2. The van der Waals surface area contributed by atoms with E-state index >= 15 is 0 Å². The van der Waals surface area contributed by atoms with Gasteiger partial charge in [-0.1, -0.05) is 23.7 Å². The van der Waals surface area contributed by atoms with Crippen molar-refractivity contribution in [3.05, 3.63) is 57.4 Å². The summed E-state index contributed by atoms with van der Waals surface area (Å²) in [6.45, 7) is 0.523. The fraction of sp³-hybridized carbons (Fsp3) is 0.0909. The number of hydrogen-bond donors (Lipinski definition) is 1. The van der Waals surface area contributed by atoms with E-state index in [9.17, 15) is 10.1 Å². The minimum atomic E-state index is -0.539. The molecule has 18 heavy (non-hydrogen) atoms. The Hall–Kier alpha value is -2.21. The number of halogens is 1. The zero-order valence-electron chi connectivity index (χ0n) is 9.21. The maximum absolute atomic E-state index is 10.4. The van der Waals surface area contributed by atoms with Crippen LogP contribution in [0.1, 0.15) is 5.56 Å². The van der Waals surface area contributed by atoms with Gasteiger partial charge in [-0.3, -0.25) is 10.1 Å². The first kappa shape index (κ1) is 12.3. The van der Waals surface area contributed by atoms with Crippen LogP contribution in [0.25, 0.3) is 0 Å². The molecule has 0 saturated heterocycles. The molecular formula is C11H9ClN4O2. The molecule has 2 aromatic rings. The molecule has 1 aromatic heterocycles. The molecule has 2 rings (SSSR count). The topological polar surface area (TPSA) is 81.0 Å². The molecule has 0 unspecified atom stereocenters. The van der Waals surface area contributed by atoms with Gasteiger partial charge in [0.2, 0.25) is 5.95 Å². The van der Waals surface area contributed by atoms with Crippen LogP contribution in [-0.2, 0) is 6.54 Å². The second kappa shape index (κ2) is 5.42. The second-order valence-electron chi connectivity index (χ2n) is 3.50. The van der Waals surface area contributed by atoms with Gasteiger partial charge in [-0.15, -0.1) is 0 Å². The molecule has 0 amide bonds. The lowest BCUT2D eigenvalue weighted by Gasteiger charge is -2.04. The maximum Gasteiger partial charge on any atom is 0.305 e. The van der Waals surface area contributed by atoms with Crippen molar-refractivity contribution in [2.75, 3.05) is 5.32 Å². The van der Waals surface area contributed by atoms with Crippen molar-refractivity contribution in [1.29, 1.82) is 0 Å². The minimum Gasteiger partial charge on any atom is -0.350 e. The molecule has 0 radical (unpaired) electrons. The third kappa shape index (κ3) is 3.14. The number of rotatable bonds is 4. The van der Waals surface area contributed by atoms with Gasteiger partial charge in [0.05, 0.1) is 4.92 Å². The first-order valence-corrected chi connectivity index (χ1v) is 5.48. The van der Waals surface area contributed by atoms with Gasteiger partial charge in [-0.25, -0.2) is 9.97 Å². The fourth-order valence-corrected chi connectivity index (χ4v) is 1.42. The van der Waals surface area contributed by atoms with Gasteiger partial charge in [0, 0.05) is 11.6 Å². The molecule has 0 spiro atoms. The van der Waals surface area contributed by atoms with E-state index in [1.165, 1.54) is 0 Å². The van der Waals surface area contributed by atoms with Crippen molar-refractivity contribution in [2.45, 2.75) is 6.54 Å². The van der Waals surface area contributed by atoms with Gasteiger partial charge >= 0.3 is 5.69 Å². The fourth-order valence-electron chi connectivity index (χ4n) is 1.29. The summed E-state index contributed by atoms with van der Waals surface area (Å²) in [6.07, 6.45) is 2.33. The molecule has 0 bridgehead atoms. The lowest BCUT2D eigenvalue weighted by atomic mass is 10.2. The van der Waals surface area contributed by atoms with Crippen molar-refractivity contribution >= 4 is 23.2 Å². The SMILES string of the molecule is O=[N+]([O-])c1cnc(NCc2ccc(Cl)cc2)nc1. The highest BCUT2D eigenvalue weighted by atomic mass is 35.5. The monoisotopic (exact) mass is 264 g/mol. The van der Waals surface area contributed by atoms with Crippen LogP contribution in [0.15, 0.2) is 36.7 Å². The molecule has 0 saturated carbocycles. The van der Waals surface area contributed by atoms with E-state index in [1.54, 1.807) is 12.1 Å². The van der Waals surface area contributed by atoms with E-state index in [0.717, 1.165) is 18.0 Å². The molecule has 0 aliphatic rings. The Morgan fingerprint density at radius 3 is 2.39 bits per heavy atom. The van der Waals surface area contributed by atoms with E-state index in [0.29, 0.717) is 17.5 Å². The molecule has 0 atom stereocenters. The van der Waals surface area contributed by atoms with Crippen molar-refractivity contribution in [2.24, 2.45) is 0 Å². The third-order valence-electron chi connectivity index (χ3n) is 2.21. The summed E-state index contributed by atoms with van der Waals surface area (Å²) in [6, 6.07) is 7.33. The van der Waals surface area contributed by atoms with Crippen LogP contribution in [0.5, 0.6) is 0 Å². The van der Waals surface area contributed by atoms with Crippen molar-refractivity contribution in [1.82, 2.24) is 9.97 Å². The molecular weight excluding hydrogens is 256 g/mol. The normalized spacial score (nSPS) is 10.1. The predicted molar refractivity (Wildman–Crippen MR) is 67.5 cm³/mol. The Morgan fingerprint density at radius 1 is 1.22 bits per heavy atom. The highest BCUT2D eigenvalue weighted by molar-refractivity contribution is 6.30. The van der Waals surface area contributed by atoms with Crippen LogP contribution in [0.2, 0.25) is 5.02 Å². The van der Waals surface area contributed by atoms with E-state index in [4.69, 9.17) is 11.6 Å². The third-order valence-corrected chi connectivity index (χ3v) is 2.46. The van der Waals surface area contributed by atoms with Crippen molar-refractivity contribution < 1.29 is 4.92 Å². The Morgan fingerprint density at radius 2 is 1.83 bits per heavy atom. The first-order chi connectivity index (χ1) is 8.65. The molecule has 0 aliphatic heterocycles. The average molecular weight is 265 g/mol. The summed E-state index contributed by atoms with van der Waals surface area (Å²) >= 11 is 5.77. The van der Waals surface area contributed by atoms with E-state index in [2.05, 4.69) is 15.3 Å². The number of benzene rings is 1. The summed E-state index contributed by atoms with van der Waals surface area (Å²) in [5, 5.41) is 14.0. The molecule has 1 N–H and O–H groups in total. The highest BCUT2D eigenvalue weighted by Crippen LogP contribution is 2.11. The maximum atomic E-state index is 10.4. The second-order valence-corrected chi connectivity index (χ2v) is 3.94. The van der Waals surface area contributed by atoms with Gasteiger partial charge < -0.3 is 5.32 Å². The minimum absolute atomic E-state index is 0.132. The van der Waals surface area contributed by atoms with Crippen LogP contribution in [0, 0.1) is 10.1 Å². The molecule has 6 nitrogen and oxygen atoms in total. The molecule has 1 aromatic carbocycles. The number of nitrogens with one attached hydrogen (secondary N) is 1. The van der Waals surface area contributed by atoms with Gasteiger partial charge in [0.15, 0.2) is 0 Å². The summed E-state index contributed by atoms with van der Waals surface area (Å²) < 4.78 is 0. The van der Waals surface area contributed by atoms with Gasteiger partial charge in [-0.05, 0) is 17.7 Å². The first-order valence-electron chi connectivity index (χ1n) is 5.10. The van der Waals surface area contributed by atoms with Crippen molar-refractivity contribution in [3.8, 4) is 0 Å². The molecule has 92 valence electrons. The van der Waals surface area contributed by atoms with E-state index in [1.807, 2.05) is 12.1 Å². The number of hydrogen-bond acceptors (Lipinski definition) is 5. The summed E-state index contributed by atoms with van der Waals surface area (Å²) in [4.78, 5) is 17.6. The zero-order chi connectivity index (χ0) is 13.0. The zero-order valence-corrected chi connectivity index (χ0v) is 9.96. The summed E-state index contributed by atoms with van der Waals surface area (Å²) in [7, 11) is 0. The Kier molecular flexibility index (Phi) is 3.69. The Balaban J connectivity index is 1.97. The van der Waals surface area contributed by atoms with Crippen LogP contribution >= 0.6 is 11.6 Å².